The van der Waals surface area contributed by atoms with Gasteiger partial charge in [0.05, 0.1) is 6.42 Å². The number of carbonyl (C=O) groups is 2. The van der Waals surface area contributed by atoms with E-state index in [1.54, 1.807) is 25.1 Å². The zero-order chi connectivity index (χ0) is 12.1. The Balaban J connectivity index is 2.62. The molecular weight excluding hydrogens is 206 g/mol. The van der Waals surface area contributed by atoms with Crippen LogP contribution in [-0.2, 0) is 4.79 Å². The van der Waals surface area contributed by atoms with Crippen molar-refractivity contribution in [3.05, 3.63) is 35.4 Å². The standard InChI is InChI=1S/C12H15NO3/c1-8-4-3-5-10(6-8)12(16)13-9(2)7-11(14)15/h3-6,9H,7H2,1-2H3,(H,13,16)(H,14,15)/t9-/m0/s1. The Morgan fingerprint density at radius 3 is 2.69 bits per heavy atom. The summed E-state index contributed by atoms with van der Waals surface area (Å²) in [4.78, 5) is 22.1. The van der Waals surface area contributed by atoms with Crippen molar-refractivity contribution in [1.82, 2.24) is 5.32 Å². The molecule has 1 amide bonds. The Kier molecular flexibility index (Phi) is 4.05. The third-order valence-electron chi connectivity index (χ3n) is 2.14. The van der Waals surface area contributed by atoms with E-state index in [4.69, 9.17) is 5.11 Å². The monoisotopic (exact) mass is 221 g/mol. The fraction of sp³-hybridized carbons (Fsp3) is 0.333. The minimum atomic E-state index is -0.919. The molecule has 1 rings (SSSR count). The van der Waals surface area contributed by atoms with Crippen molar-refractivity contribution >= 4 is 11.9 Å². The van der Waals surface area contributed by atoms with Gasteiger partial charge < -0.3 is 10.4 Å². The molecule has 0 aromatic heterocycles. The van der Waals surface area contributed by atoms with E-state index in [0.717, 1.165) is 5.56 Å². The van der Waals surface area contributed by atoms with Crippen LogP contribution < -0.4 is 5.32 Å². The molecule has 1 aromatic rings. The minimum absolute atomic E-state index is 0.0719. The normalized spacial score (nSPS) is 11.9. The largest absolute Gasteiger partial charge is 0.481 e. The minimum Gasteiger partial charge on any atom is -0.481 e. The Labute approximate surface area is 94.3 Å². The van der Waals surface area contributed by atoms with Crippen LogP contribution in [0.5, 0.6) is 0 Å². The van der Waals surface area contributed by atoms with Crippen molar-refractivity contribution in [1.29, 1.82) is 0 Å². The fourth-order valence-electron chi connectivity index (χ4n) is 1.41. The molecule has 0 radical (unpaired) electrons. The van der Waals surface area contributed by atoms with Gasteiger partial charge in [-0.05, 0) is 26.0 Å². The number of hydrogen-bond acceptors (Lipinski definition) is 2. The van der Waals surface area contributed by atoms with Gasteiger partial charge in [-0.15, -0.1) is 0 Å². The third kappa shape index (κ3) is 3.73. The number of benzene rings is 1. The molecule has 1 aromatic carbocycles. The zero-order valence-electron chi connectivity index (χ0n) is 9.36. The number of carboxylic acid groups (broad SMARTS) is 1. The van der Waals surface area contributed by atoms with Gasteiger partial charge in [0.1, 0.15) is 0 Å². The molecule has 16 heavy (non-hydrogen) atoms. The van der Waals surface area contributed by atoms with Crippen LogP contribution in [0.1, 0.15) is 29.3 Å². The summed E-state index contributed by atoms with van der Waals surface area (Å²) in [5, 5.41) is 11.2. The van der Waals surface area contributed by atoms with Gasteiger partial charge in [0.25, 0.3) is 5.91 Å². The molecule has 0 aliphatic carbocycles. The average Bonchev–Trinajstić information content (AvgIpc) is 2.16. The number of carboxylic acids is 1. The van der Waals surface area contributed by atoms with Crippen molar-refractivity contribution < 1.29 is 14.7 Å². The van der Waals surface area contributed by atoms with Crippen molar-refractivity contribution in [2.75, 3.05) is 0 Å². The number of aliphatic carboxylic acids is 1. The lowest BCUT2D eigenvalue weighted by atomic mass is 10.1. The van der Waals surface area contributed by atoms with E-state index < -0.39 is 5.97 Å². The Morgan fingerprint density at radius 2 is 2.12 bits per heavy atom. The number of amides is 1. The van der Waals surface area contributed by atoms with Crippen LogP contribution in [0.3, 0.4) is 0 Å². The van der Waals surface area contributed by atoms with Crippen LogP contribution in [0.25, 0.3) is 0 Å². The SMILES string of the molecule is Cc1cccc(C(=O)N[C@@H](C)CC(=O)O)c1. The highest BCUT2D eigenvalue weighted by atomic mass is 16.4. The van der Waals surface area contributed by atoms with Crippen LogP contribution in [-0.4, -0.2) is 23.0 Å². The van der Waals surface area contributed by atoms with Crippen LogP contribution in [0, 0.1) is 6.92 Å². The molecule has 0 fully saturated rings. The zero-order valence-corrected chi connectivity index (χ0v) is 9.36. The summed E-state index contributed by atoms with van der Waals surface area (Å²) in [7, 11) is 0. The summed E-state index contributed by atoms with van der Waals surface area (Å²) in [6.45, 7) is 3.57. The van der Waals surface area contributed by atoms with Gasteiger partial charge >= 0.3 is 5.97 Å². The molecule has 0 unspecified atom stereocenters. The molecule has 0 aliphatic heterocycles. The molecule has 0 aliphatic rings. The maximum Gasteiger partial charge on any atom is 0.305 e. The number of carbonyl (C=O) groups excluding carboxylic acids is 1. The first-order chi connectivity index (χ1) is 7.49. The topological polar surface area (TPSA) is 66.4 Å². The van der Waals surface area contributed by atoms with Crippen LogP contribution >= 0.6 is 0 Å². The summed E-state index contributed by atoms with van der Waals surface area (Å²) in [6.07, 6.45) is -0.0719. The first-order valence-corrected chi connectivity index (χ1v) is 5.08. The van der Waals surface area contributed by atoms with E-state index in [2.05, 4.69) is 5.32 Å². The molecule has 0 heterocycles. The highest BCUT2D eigenvalue weighted by Gasteiger charge is 2.12. The lowest BCUT2D eigenvalue weighted by Gasteiger charge is -2.11. The smallest absolute Gasteiger partial charge is 0.305 e. The van der Waals surface area contributed by atoms with Crippen molar-refractivity contribution in [3.8, 4) is 0 Å². The van der Waals surface area contributed by atoms with Crippen molar-refractivity contribution in [3.63, 3.8) is 0 Å². The maximum absolute atomic E-state index is 11.7. The summed E-state index contributed by atoms with van der Waals surface area (Å²) < 4.78 is 0. The lowest BCUT2D eigenvalue weighted by molar-refractivity contribution is -0.137. The molecule has 0 saturated carbocycles. The summed E-state index contributed by atoms with van der Waals surface area (Å²) in [5.74, 6) is -1.16. The van der Waals surface area contributed by atoms with Gasteiger partial charge in [-0.3, -0.25) is 9.59 Å². The van der Waals surface area contributed by atoms with Gasteiger partial charge in [-0.25, -0.2) is 0 Å². The molecule has 0 spiro atoms. The van der Waals surface area contributed by atoms with E-state index in [9.17, 15) is 9.59 Å². The van der Waals surface area contributed by atoms with E-state index in [1.807, 2.05) is 13.0 Å². The summed E-state index contributed by atoms with van der Waals surface area (Å²) in [5.41, 5.74) is 1.55. The Morgan fingerprint density at radius 1 is 1.44 bits per heavy atom. The lowest BCUT2D eigenvalue weighted by Crippen LogP contribution is -2.34. The molecule has 2 N–H and O–H groups in total. The number of hydrogen-bond donors (Lipinski definition) is 2. The highest BCUT2D eigenvalue weighted by molar-refractivity contribution is 5.94. The average molecular weight is 221 g/mol. The van der Waals surface area contributed by atoms with E-state index >= 15 is 0 Å². The van der Waals surface area contributed by atoms with Crippen LogP contribution in [0.4, 0.5) is 0 Å². The van der Waals surface area contributed by atoms with Crippen molar-refractivity contribution in [2.45, 2.75) is 26.3 Å². The Bertz CT molecular complexity index is 401. The second kappa shape index (κ2) is 5.30. The van der Waals surface area contributed by atoms with E-state index in [0.29, 0.717) is 5.56 Å². The predicted molar refractivity (Wildman–Crippen MR) is 60.4 cm³/mol. The molecule has 0 bridgehead atoms. The van der Waals surface area contributed by atoms with Crippen molar-refractivity contribution in [2.24, 2.45) is 0 Å². The molecule has 1 atom stereocenters. The second-order valence-electron chi connectivity index (χ2n) is 3.84. The van der Waals surface area contributed by atoms with Gasteiger partial charge in [0.2, 0.25) is 0 Å². The van der Waals surface area contributed by atoms with Gasteiger partial charge in [-0.2, -0.15) is 0 Å². The van der Waals surface area contributed by atoms with Crippen LogP contribution in [0.2, 0.25) is 0 Å². The highest BCUT2D eigenvalue weighted by Crippen LogP contribution is 2.04. The summed E-state index contributed by atoms with van der Waals surface area (Å²) >= 11 is 0. The maximum atomic E-state index is 11.7. The first kappa shape index (κ1) is 12.2. The van der Waals surface area contributed by atoms with Gasteiger partial charge in [0.15, 0.2) is 0 Å². The fourth-order valence-corrected chi connectivity index (χ4v) is 1.41. The second-order valence-corrected chi connectivity index (χ2v) is 3.84. The molecule has 86 valence electrons. The molecule has 4 nitrogen and oxygen atoms in total. The molecule has 0 saturated heterocycles. The number of nitrogens with one attached hydrogen (secondary N) is 1. The van der Waals surface area contributed by atoms with Gasteiger partial charge in [-0.1, -0.05) is 17.7 Å². The first-order valence-electron chi connectivity index (χ1n) is 5.08. The third-order valence-corrected chi connectivity index (χ3v) is 2.14. The van der Waals surface area contributed by atoms with Gasteiger partial charge in [0, 0.05) is 11.6 Å². The van der Waals surface area contributed by atoms with E-state index in [-0.39, 0.29) is 18.4 Å². The van der Waals surface area contributed by atoms with E-state index in [1.165, 1.54) is 0 Å². The number of rotatable bonds is 4. The molecular formula is C12H15NO3. The summed E-state index contributed by atoms with van der Waals surface area (Å²) in [6, 6.07) is 6.80. The quantitative estimate of drug-likeness (QED) is 0.811. The van der Waals surface area contributed by atoms with Crippen LogP contribution in [0.15, 0.2) is 24.3 Å². The Hall–Kier alpha value is -1.84. The number of aryl methyl sites for hydroxylation is 1. The predicted octanol–water partition coefficient (Wildman–Crippen LogP) is 1.59. The molecule has 4 heteroatoms.